The van der Waals surface area contributed by atoms with Gasteiger partial charge in [-0.25, -0.2) is 27.0 Å². The maximum absolute atomic E-state index is 13.6. The zero-order chi connectivity index (χ0) is 28.3. The van der Waals surface area contributed by atoms with Gasteiger partial charge in [-0.1, -0.05) is 29.5 Å². The SMILES string of the molecule is CC(=O)[O-].Nc1nc2c(-c3ccc(S(=O)(=O)N4CC5C(N)C5C4)c(S(N)(=O)=O)c3-c3nn[nH]n3)cccc2s1. The van der Waals surface area contributed by atoms with Gasteiger partial charge in [-0.2, -0.15) is 9.52 Å². The van der Waals surface area contributed by atoms with Gasteiger partial charge in [0, 0.05) is 30.7 Å². The summed E-state index contributed by atoms with van der Waals surface area (Å²) >= 11 is 1.26. The number of nitrogen functional groups attached to an aromatic ring is 1. The molecule has 3 heterocycles. The molecule has 6 rings (SSSR count). The molecule has 1 saturated carbocycles. The Hall–Kier alpha value is -3.55. The van der Waals surface area contributed by atoms with Crippen LogP contribution in [0.2, 0.25) is 0 Å². The van der Waals surface area contributed by atoms with Crippen molar-refractivity contribution in [2.45, 2.75) is 22.8 Å². The lowest BCUT2D eigenvalue weighted by Gasteiger charge is -2.22. The number of sulfonamides is 2. The van der Waals surface area contributed by atoms with E-state index in [1.807, 2.05) is 6.07 Å². The zero-order valence-electron chi connectivity index (χ0n) is 20.2. The molecule has 15 nitrogen and oxygen atoms in total. The summed E-state index contributed by atoms with van der Waals surface area (Å²) < 4.78 is 55.2. The van der Waals surface area contributed by atoms with E-state index in [0.29, 0.717) is 21.8 Å². The predicted molar refractivity (Wildman–Crippen MR) is 138 cm³/mol. The number of carbonyl (C=O) groups excluding carboxylic acids is 1. The number of hydrogen-bond acceptors (Lipinski definition) is 13. The first-order chi connectivity index (χ1) is 18.3. The lowest BCUT2D eigenvalue weighted by atomic mass is 9.98. The molecule has 2 atom stereocenters. The predicted octanol–water partition coefficient (Wildman–Crippen LogP) is -1.29. The van der Waals surface area contributed by atoms with Gasteiger partial charge in [-0.05, 0) is 41.7 Å². The third-order valence-corrected chi connectivity index (χ3v) is 10.4. The van der Waals surface area contributed by atoms with Crippen LogP contribution in [0.1, 0.15) is 6.92 Å². The van der Waals surface area contributed by atoms with Crippen molar-refractivity contribution < 1.29 is 26.7 Å². The average Bonchev–Trinajstić information content (AvgIpc) is 3.38. The smallest absolute Gasteiger partial charge is 0.244 e. The Balaban J connectivity index is 0.000000723. The number of H-pyrrole nitrogens is 1. The second-order valence-electron chi connectivity index (χ2n) is 9.02. The Morgan fingerprint density at radius 2 is 1.79 bits per heavy atom. The highest BCUT2D eigenvalue weighted by Crippen LogP contribution is 2.47. The molecule has 1 saturated heterocycles. The minimum Gasteiger partial charge on any atom is -0.550 e. The Morgan fingerprint density at radius 1 is 1.13 bits per heavy atom. The number of carboxylic acid groups (broad SMARTS) is 1. The van der Waals surface area contributed by atoms with Gasteiger partial charge in [0.25, 0.3) is 0 Å². The summed E-state index contributed by atoms with van der Waals surface area (Å²) in [5.74, 6) is -1.09. The maximum Gasteiger partial charge on any atom is 0.244 e. The fraction of sp³-hybridized carbons (Fsp3) is 0.286. The molecule has 0 amide bonds. The number of para-hydroxylation sites is 1. The third-order valence-electron chi connectivity index (χ3n) is 6.55. The van der Waals surface area contributed by atoms with Crippen LogP contribution >= 0.6 is 11.3 Å². The van der Waals surface area contributed by atoms with Crippen molar-refractivity contribution in [2.75, 3.05) is 18.8 Å². The van der Waals surface area contributed by atoms with Crippen LogP contribution in [0.15, 0.2) is 40.1 Å². The minimum absolute atomic E-state index is 0.0394. The van der Waals surface area contributed by atoms with Gasteiger partial charge in [0.1, 0.15) is 9.79 Å². The van der Waals surface area contributed by atoms with Crippen molar-refractivity contribution in [3.05, 3.63) is 30.3 Å². The number of aromatic amines is 1. The molecule has 4 aromatic rings. The number of nitrogens with zero attached hydrogens (tertiary/aromatic N) is 5. The van der Waals surface area contributed by atoms with Crippen LogP contribution < -0.4 is 21.7 Å². The van der Waals surface area contributed by atoms with Gasteiger partial charge in [0.2, 0.25) is 25.9 Å². The first-order valence-corrected chi connectivity index (χ1v) is 15.1. The van der Waals surface area contributed by atoms with E-state index in [1.165, 1.54) is 27.8 Å². The number of carbonyl (C=O) groups is 1. The molecule has 0 bridgehead atoms. The highest BCUT2D eigenvalue weighted by molar-refractivity contribution is 7.92. The number of aromatic nitrogens is 5. The summed E-state index contributed by atoms with van der Waals surface area (Å²) in [5, 5.41) is 28.6. The second kappa shape index (κ2) is 9.57. The van der Waals surface area contributed by atoms with E-state index < -0.39 is 35.8 Å². The summed E-state index contributed by atoms with van der Waals surface area (Å²) in [6.45, 7) is 1.41. The van der Waals surface area contributed by atoms with Gasteiger partial charge in [0.15, 0.2) is 5.13 Å². The van der Waals surface area contributed by atoms with E-state index in [-0.39, 0.29) is 42.4 Å². The molecular formula is C21H22N9O6S3-. The van der Waals surface area contributed by atoms with E-state index in [4.69, 9.17) is 26.5 Å². The number of nitrogens with two attached hydrogens (primary N) is 3. The van der Waals surface area contributed by atoms with Crippen LogP contribution in [0, 0.1) is 11.8 Å². The van der Waals surface area contributed by atoms with E-state index >= 15 is 0 Å². The van der Waals surface area contributed by atoms with E-state index in [1.54, 1.807) is 12.1 Å². The molecule has 0 radical (unpaired) electrons. The first kappa shape index (κ1) is 27.0. The van der Waals surface area contributed by atoms with Gasteiger partial charge >= 0.3 is 0 Å². The van der Waals surface area contributed by atoms with Crippen LogP contribution in [0.25, 0.3) is 32.7 Å². The molecular weight excluding hydrogens is 570 g/mol. The topological polar surface area (TPSA) is 257 Å². The number of tetrazole rings is 1. The molecule has 0 spiro atoms. The van der Waals surface area contributed by atoms with Gasteiger partial charge < -0.3 is 21.4 Å². The Bertz CT molecular complexity index is 1790. The minimum atomic E-state index is -4.59. The van der Waals surface area contributed by atoms with Crippen molar-refractivity contribution in [2.24, 2.45) is 22.7 Å². The van der Waals surface area contributed by atoms with Crippen molar-refractivity contribution >= 4 is 52.7 Å². The van der Waals surface area contributed by atoms with Crippen LogP contribution in [0.5, 0.6) is 0 Å². The molecule has 1 aliphatic heterocycles. The lowest BCUT2D eigenvalue weighted by molar-refractivity contribution is -0.302. The molecule has 2 aromatic heterocycles. The molecule has 7 N–H and O–H groups in total. The molecule has 39 heavy (non-hydrogen) atoms. The van der Waals surface area contributed by atoms with Crippen molar-refractivity contribution in [1.82, 2.24) is 29.9 Å². The number of carboxylic acids is 1. The van der Waals surface area contributed by atoms with Crippen LogP contribution in [0.4, 0.5) is 5.13 Å². The number of hydrogen-bond donors (Lipinski definition) is 4. The van der Waals surface area contributed by atoms with Gasteiger partial charge in [-0.3, -0.25) is 0 Å². The van der Waals surface area contributed by atoms with Crippen molar-refractivity contribution in [3.8, 4) is 22.5 Å². The highest BCUT2D eigenvalue weighted by atomic mass is 32.2. The van der Waals surface area contributed by atoms with E-state index in [0.717, 1.165) is 11.6 Å². The molecule has 2 aromatic carbocycles. The molecule has 18 heteroatoms. The van der Waals surface area contributed by atoms with Gasteiger partial charge in [-0.15, -0.1) is 10.2 Å². The second-order valence-corrected chi connectivity index (χ2v) is 13.5. The van der Waals surface area contributed by atoms with E-state index in [2.05, 4.69) is 25.6 Å². The van der Waals surface area contributed by atoms with Crippen molar-refractivity contribution in [3.63, 3.8) is 0 Å². The fourth-order valence-corrected chi connectivity index (χ4v) is 8.67. The summed E-state index contributed by atoms with van der Waals surface area (Å²) in [5.41, 5.74) is 13.1. The number of anilines is 1. The summed E-state index contributed by atoms with van der Waals surface area (Å²) in [6.07, 6.45) is 0. The normalized spacial score (nSPS) is 20.8. The van der Waals surface area contributed by atoms with Crippen LogP contribution in [0.3, 0.4) is 0 Å². The quantitative estimate of drug-likeness (QED) is 0.211. The standard InChI is InChI=1S/C19H19N9O4S3.C2H4O2/c20-15-10-6-28(7-11(10)15)35(31,32)13-5-4-8(9-2-1-3-12-16(9)23-19(21)33-12)14(17(13)34(22,29)30)18-24-26-27-25-18;1-2(3)4/h1-5,10-11,15H,6-7,20H2,(H2,21,23)(H2,22,29,30)(H,24,25,26,27);1H3,(H,3,4)/p-1. The van der Waals surface area contributed by atoms with Gasteiger partial charge in [0.05, 0.1) is 15.8 Å². The maximum atomic E-state index is 13.6. The monoisotopic (exact) mass is 592 g/mol. The number of piperidine rings is 1. The molecule has 2 aliphatic rings. The number of benzene rings is 2. The fourth-order valence-electron chi connectivity index (χ4n) is 4.82. The Labute approximate surface area is 226 Å². The Kier molecular flexibility index (Phi) is 6.64. The first-order valence-electron chi connectivity index (χ1n) is 11.3. The molecule has 2 fully saturated rings. The number of primary sulfonamides is 1. The third kappa shape index (κ3) is 4.85. The zero-order valence-corrected chi connectivity index (χ0v) is 22.6. The summed E-state index contributed by atoms with van der Waals surface area (Å²) in [7, 11) is -8.82. The van der Waals surface area contributed by atoms with Crippen molar-refractivity contribution in [1.29, 1.82) is 0 Å². The largest absolute Gasteiger partial charge is 0.550 e. The Morgan fingerprint density at radius 3 is 2.38 bits per heavy atom. The highest BCUT2D eigenvalue weighted by Gasteiger charge is 2.56. The number of thiazole rings is 1. The average molecular weight is 593 g/mol. The number of aliphatic carboxylic acids is 1. The van der Waals surface area contributed by atoms with E-state index in [9.17, 15) is 16.8 Å². The number of nitrogens with one attached hydrogen (secondary N) is 1. The molecule has 206 valence electrons. The molecule has 2 unspecified atom stereocenters. The molecule has 1 aliphatic carbocycles. The lowest BCUT2D eigenvalue weighted by Crippen LogP contribution is -2.35. The summed E-state index contributed by atoms with van der Waals surface area (Å²) in [4.78, 5) is 12.2. The number of rotatable bonds is 5. The number of fused-ring (bicyclic) bond motifs is 2. The van der Waals surface area contributed by atoms with Crippen LogP contribution in [-0.2, 0) is 24.8 Å². The van der Waals surface area contributed by atoms with Crippen LogP contribution in [-0.4, -0.2) is 71.8 Å². The summed E-state index contributed by atoms with van der Waals surface area (Å²) in [6, 6.07) is 8.01.